The maximum absolute atomic E-state index is 13.7. The summed E-state index contributed by atoms with van der Waals surface area (Å²) in [5, 5.41) is 3.04. The number of halogens is 1. The molecule has 132 valence electrons. The predicted molar refractivity (Wildman–Crippen MR) is 93.4 cm³/mol. The lowest BCUT2D eigenvalue weighted by Gasteiger charge is -2.46. The van der Waals surface area contributed by atoms with E-state index in [9.17, 15) is 9.18 Å². The Balaban J connectivity index is 1.52. The normalized spacial score (nSPS) is 25.9. The fraction of sp³-hybridized carbons (Fsp3) is 0.632. The maximum Gasteiger partial charge on any atom is 0.317 e. The maximum atomic E-state index is 13.7. The number of piperidine rings is 2. The van der Waals surface area contributed by atoms with Crippen LogP contribution in [0.3, 0.4) is 0 Å². The van der Waals surface area contributed by atoms with Crippen LogP contribution in [0.5, 0.6) is 0 Å². The molecule has 1 N–H and O–H groups in total. The molecule has 3 rings (SSSR count). The van der Waals surface area contributed by atoms with Gasteiger partial charge in [-0.05, 0) is 63.7 Å². The molecule has 4 nitrogen and oxygen atoms in total. The van der Waals surface area contributed by atoms with E-state index >= 15 is 0 Å². The van der Waals surface area contributed by atoms with Crippen LogP contribution < -0.4 is 5.32 Å². The molecule has 0 aromatic heterocycles. The van der Waals surface area contributed by atoms with Gasteiger partial charge in [0.25, 0.3) is 0 Å². The highest BCUT2D eigenvalue weighted by atomic mass is 19.1. The van der Waals surface area contributed by atoms with Crippen molar-refractivity contribution < 1.29 is 9.18 Å². The van der Waals surface area contributed by atoms with E-state index in [1.807, 2.05) is 17.9 Å². The lowest BCUT2D eigenvalue weighted by atomic mass is 9.84. The highest BCUT2D eigenvalue weighted by Gasteiger charge is 2.35. The Kier molecular flexibility index (Phi) is 5.39. The van der Waals surface area contributed by atoms with Crippen LogP contribution >= 0.6 is 0 Å². The van der Waals surface area contributed by atoms with Gasteiger partial charge in [0.05, 0.1) is 0 Å². The molecule has 2 fully saturated rings. The van der Waals surface area contributed by atoms with E-state index in [0.29, 0.717) is 23.9 Å². The van der Waals surface area contributed by atoms with Crippen molar-refractivity contribution in [2.75, 3.05) is 26.7 Å². The third kappa shape index (κ3) is 3.89. The van der Waals surface area contributed by atoms with Crippen LogP contribution in [0.2, 0.25) is 0 Å². The van der Waals surface area contributed by atoms with E-state index in [0.717, 1.165) is 19.5 Å². The molecule has 0 saturated carbocycles. The van der Waals surface area contributed by atoms with Crippen molar-refractivity contribution in [1.82, 2.24) is 15.1 Å². The number of likely N-dealkylation sites (tertiary alicyclic amines) is 2. The third-order valence-electron chi connectivity index (χ3n) is 5.49. The monoisotopic (exact) mass is 333 g/mol. The summed E-state index contributed by atoms with van der Waals surface area (Å²) >= 11 is 0. The molecule has 0 aliphatic carbocycles. The topological polar surface area (TPSA) is 35.6 Å². The Morgan fingerprint density at radius 3 is 2.92 bits per heavy atom. The molecular formula is C19H28FN3O. The van der Waals surface area contributed by atoms with Crippen LogP contribution in [-0.2, 0) is 6.42 Å². The van der Waals surface area contributed by atoms with Gasteiger partial charge in [-0.1, -0.05) is 18.2 Å². The molecule has 2 saturated heterocycles. The van der Waals surface area contributed by atoms with E-state index in [1.54, 1.807) is 12.1 Å². The van der Waals surface area contributed by atoms with Gasteiger partial charge in [0.15, 0.2) is 0 Å². The predicted octanol–water partition coefficient (Wildman–Crippen LogP) is 2.88. The molecule has 3 atom stereocenters. The molecule has 2 aliphatic heterocycles. The van der Waals surface area contributed by atoms with E-state index < -0.39 is 0 Å². The molecule has 24 heavy (non-hydrogen) atoms. The minimum atomic E-state index is -0.204. The first-order chi connectivity index (χ1) is 11.5. The van der Waals surface area contributed by atoms with Crippen molar-refractivity contribution >= 4 is 6.03 Å². The first kappa shape index (κ1) is 17.2. The van der Waals surface area contributed by atoms with Crippen LogP contribution in [0.4, 0.5) is 9.18 Å². The number of nitrogens with zero attached hydrogens (tertiary/aromatic N) is 2. The van der Waals surface area contributed by atoms with E-state index in [4.69, 9.17) is 0 Å². The zero-order chi connectivity index (χ0) is 17.1. The van der Waals surface area contributed by atoms with E-state index in [2.05, 4.69) is 17.3 Å². The van der Waals surface area contributed by atoms with Crippen molar-refractivity contribution in [2.45, 2.75) is 44.7 Å². The standard InChI is InChI=1S/C19H28FN3O/c1-14(12-15-6-3-4-8-17(15)20)21-19(24)23-11-9-18-16(13-23)7-5-10-22(18)2/h3-4,6,8,14,16,18H,5,7,9-13H2,1-2H3,(H,21,24). The van der Waals surface area contributed by atoms with Crippen LogP contribution in [0.15, 0.2) is 24.3 Å². The number of nitrogens with one attached hydrogen (secondary N) is 1. The Bertz CT molecular complexity index is 579. The Hall–Kier alpha value is -1.62. The fourth-order valence-electron chi connectivity index (χ4n) is 4.18. The zero-order valence-corrected chi connectivity index (χ0v) is 14.7. The zero-order valence-electron chi connectivity index (χ0n) is 14.7. The van der Waals surface area contributed by atoms with Crippen molar-refractivity contribution in [1.29, 1.82) is 0 Å². The number of benzene rings is 1. The first-order valence-corrected chi connectivity index (χ1v) is 9.03. The van der Waals surface area contributed by atoms with Crippen molar-refractivity contribution in [3.63, 3.8) is 0 Å². The van der Waals surface area contributed by atoms with Gasteiger partial charge in [0, 0.05) is 25.2 Å². The summed E-state index contributed by atoms with van der Waals surface area (Å²) in [6, 6.07) is 7.30. The van der Waals surface area contributed by atoms with Crippen LogP contribution in [0.25, 0.3) is 0 Å². The second-order valence-electron chi connectivity index (χ2n) is 7.33. The highest BCUT2D eigenvalue weighted by molar-refractivity contribution is 5.74. The van der Waals surface area contributed by atoms with E-state index in [-0.39, 0.29) is 17.9 Å². The van der Waals surface area contributed by atoms with Crippen LogP contribution in [0.1, 0.15) is 31.7 Å². The smallest absolute Gasteiger partial charge is 0.317 e. The fourth-order valence-corrected chi connectivity index (χ4v) is 4.18. The number of urea groups is 1. The third-order valence-corrected chi connectivity index (χ3v) is 5.49. The second-order valence-corrected chi connectivity index (χ2v) is 7.33. The lowest BCUT2D eigenvalue weighted by molar-refractivity contribution is 0.0511. The summed E-state index contributed by atoms with van der Waals surface area (Å²) in [6.07, 6.45) is 4.00. The molecule has 1 aromatic carbocycles. The van der Waals surface area contributed by atoms with Crippen LogP contribution in [0, 0.1) is 11.7 Å². The van der Waals surface area contributed by atoms with Gasteiger partial charge in [-0.2, -0.15) is 0 Å². The average Bonchev–Trinajstić information content (AvgIpc) is 2.57. The Morgan fingerprint density at radius 2 is 2.12 bits per heavy atom. The summed E-state index contributed by atoms with van der Waals surface area (Å²) in [4.78, 5) is 16.9. The summed E-state index contributed by atoms with van der Waals surface area (Å²) in [5.41, 5.74) is 0.651. The van der Waals surface area contributed by atoms with Gasteiger partial charge < -0.3 is 15.1 Å². The number of carbonyl (C=O) groups is 1. The SMILES string of the molecule is CC(Cc1ccccc1F)NC(=O)N1CCC2C(CCCN2C)C1. The second kappa shape index (κ2) is 7.51. The number of amides is 2. The van der Waals surface area contributed by atoms with Gasteiger partial charge in [0.1, 0.15) is 5.82 Å². The average molecular weight is 333 g/mol. The summed E-state index contributed by atoms with van der Waals surface area (Å²) in [7, 11) is 2.20. The lowest BCUT2D eigenvalue weighted by Crippen LogP contribution is -2.56. The van der Waals surface area contributed by atoms with Crippen LogP contribution in [-0.4, -0.2) is 54.6 Å². The minimum Gasteiger partial charge on any atom is -0.335 e. The van der Waals surface area contributed by atoms with Gasteiger partial charge in [-0.25, -0.2) is 9.18 Å². The van der Waals surface area contributed by atoms with Gasteiger partial charge in [-0.3, -0.25) is 0 Å². The quantitative estimate of drug-likeness (QED) is 0.923. The van der Waals surface area contributed by atoms with Crippen molar-refractivity contribution in [3.8, 4) is 0 Å². The Morgan fingerprint density at radius 1 is 1.33 bits per heavy atom. The number of hydrogen-bond acceptors (Lipinski definition) is 2. The number of fused-ring (bicyclic) bond motifs is 1. The Labute approximate surface area is 144 Å². The highest BCUT2D eigenvalue weighted by Crippen LogP contribution is 2.29. The molecule has 3 unspecified atom stereocenters. The van der Waals surface area contributed by atoms with E-state index in [1.165, 1.54) is 25.5 Å². The minimum absolute atomic E-state index is 0.00878. The number of rotatable bonds is 3. The van der Waals surface area contributed by atoms with Gasteiger partial charge >= 0.3 is 6.03 Å². The summed E-state index contributed by atoms with van der Waals surface area (Å²) < 4.78 is 13.7. The molecule has 1 aromatic rings. The molecular weight excluding hydrogens is 305 g/mol. The van der Waals surface area contributed by atoms with Crippen molar-refractivity contribution in [2.24, 2.45) is 5.92 Å². The van der Waals surface area contributed by atoms with Crippen molar-refractivity contribution in [3.05, 3.63) is 35.6 Å². The molecule has 0 radical (unpaired) electrons. The summed E-state index contributed by atoms with van der Waals surface area (Å²) in [6.45, 7) is 4.76. The molecule has 2 heterocycles. The molecule has 0 bridgehead atoms. The number of carbonyl (C=O) groups excluding carboxylic acids is 1. The summed E-state index contributed by atoms with van der Waals surface area (Å²) in [5.74, 6) is 0.384. The largest absolute Gasteiger partial charge is 0.335 e. The molecule has 0 spiro atoms. The van der Waals surface area contributed by atoms with Gasteiger partial charge in [-0.15, -0.1) is 0 Å². The molecule has 2 aliphatic rings. The molecule has 2 amide bonds. The first-order valence-electron chi connectivity index (χ1n) is 9.03. The molecule has 5 heteroatoms. The van der Waals surface area contributed by atoms with Gasteiger partial charge in [0.2, 0.25) is 0 Å². The number of hydrogen-bond donors (Lipinski definition) is 1.